The molecule has 4 nitrogen and oxygen atoms in total. The molecule has 8 N–H and O–H groups in total. The van der Waals surface area contributed by atoms with Crippen molar-refractivity contribution in [1.29, 1.82) is 0 Å². The molecule has 0 aliphatic heterocycles. The number of anilines is 4. The predicted octanol–water partition coefficient (Wildman–Crippen LogP) is 8.37. The summed E-state index contributed by atoms with van der Waals surface area (Å²) in [7, 11) is 0. The van der Waals surface area contributed by atoms with Crippen LogP contribution in [-0.4, -0.2) is 0 Å². The zero-order valence-corrected chi connectivity index (χ0v) is 23.6. The SMILES string of the molecule is CC(c1ccc(-c2ccccc2)cc1)(c1ccc(N)c(-c2ccccc2N)c1)c1ccc(N)c(-c2ccccc2N)c1. The molecular weight excluding hydrogens is 512 g/mol. The third kappa shape index (κ3) is 4.73. The summed E-state index contributed by atoms with van der Waals surface area (Å²) in [5.41, 5.74) is 37.3. The molecule has 6 aromatic rings. The van der Waals surface area contributed by atoms with Gasteiger partial charge in [0.25, 0.3) is 0 Å². The summed E-state index contributed by atoms with van der Waals surface area (Å²) in [6, 6.07) is 47.3. The lowest BCUT2D eigenvalue weighted by Crippen LogP contribution is -2.26. The summed E-state index contributed by atoms with van der Waals surface area (Å²) in [6.45, 7) is 2.25. The molecule has 0 fully saturated rings. The highest BCUT2D eigenvalue weighted by Gasteiger charge is 2.33. The molecule has 42 heavy (non-hydrogen) atoms. The minimum Gasteiger partial charge on any atom is -0.398 e. The van der Waals surface area contributed by atoms with E-state index in [1.807, 2.05) is 66.7 Å². The lowest BCUT2D eigenvalue weighted by molar-refractivity contribution is 0.693. The summed E-state index contributed by atoms with van der Waals surface area (Å²) in [4.78, 5) is 0. The fraction of sp³-hybridized carbons (Fsp3) is 0.0526. The van der Waals surface area contributed by atoms with Crippen LogP contribution in [0.5, 0.6) is 0 Å². The largest absolute Gasteiger partial charge is 0.398 e. The van der Waals surface area contributed by atoms with E-state index in [1.54, 1.807) is 0 Å². The summed E-state index contributed by atoms with van der Waals surface area (Å²) in [5, 5.41) is 0. The van der Waals surface area contributed by atoms with Gasteiger partial charge in [-0.15, -0.1) is 0 Å². The van der Waals surface area contributed by atoms with E-state index in [0.29, 0.717) is 22.7 Å². The normalized spacial score (nSPS) is 11.4. The highest BCUT2D eigenvalue weighted by Crippen LogP contribution is 2.44. The van der Waals surface area contributed by atoms with Gasteiger partial charge >= 0.3 is 0 Å². The van der Waals surface area contributed by atoms with Crippen LogP contribution in [0.3, 0.4) is 0 Å². The number of hydrogen-bond donors (Lipinski definition) is 4. The van der Waals surface area contributed by atoms with E-state index in [1.165, 1.54) is 5.56 Å². The Hall–Kier alpha value is -5.48. The predicted molar refractivity (Wildman–Crippen MR) is 179 cm³/mol. The lowest BCUT2D eigenvalue weighted by Gasteiger charge is -2.33. The molecule has 6 aromatic carbocycles. The molecule has 4 heteroatoms. The average molecular weight is 547 g/mol. The molecule has 0 heterocycles. The molecule has 0 aliphatic rings. The summed E-state index contributed by atoms with van der Waals surface area (Å²) in [6.07, 6.45) is 0. The van der Waals surface area contributed by atoms with Crippen molar-refractivity contribution >= 4 is 22.7 Å². The Labute approximate surface area is 247 Å². The van der Waals surface area contributed by atoms with Gasteiger partial charge in [-0.1, -0.05) is 103 Å². The fourth-order valence-corrected chi connectivity index (χ4v) is 5.81. The number of rotatable bonds is 6. The molecule has 0 aromatic heterocycles. The molecule has 0 amide bonds. The minimum atomic E-state index is -0.562. The van der Waals surface area contributed by atoms with Gasteiger partial charge in [0.1, 0.15) is 0 Å². The van der Waals surface area contributed by atoms with E-state index in [9.17, 15) is 0 Å². The van der Waals surface area contributed by atoms with Crippen molar-refractivity contribution in [2.24, 2.45) is 0 Å². The molecule has 0 spiro atoms. The van der Waals surface area contributed by atoms with Crippen molar-refractivity contribution in [1.82, 2.24) is 0 Å². The van der Waals surface area contributed by atoms with Gasteiger partial charge in [-0.3, -0.25) is 0 Å². The molecule has 6 rings (SSSR count). The van der Waals surface area contributed by atoms with Crippen LogP contribution in [0.1, 0.15) is 23.6 Å². The average Bonchev–Trinajstić information content (AvgIpc) is 3.02. The first-order chi connectivity index (χ1) is 20.4. The van der Waals surface area contributed by atoms with Crippen LogP contribution in [-0.2, 0) is 5.41 Å². The number of para-hydroxylation sites is 2. The number of nitrogen functional groups attached to an aromatic ring is 4. The summed E-state index contributed by atoms with van der Waals surface area (Å²) >= 11 is 0. The van der Waals surface area contributed by atoms with Gasteiger partial charge in [-0.25, -0.2) is 0 Å². The molecule has 0 radical (unpaired) electrons. The zero-order chi connectivity index (χ0) is 29.3. The second-order valence-electron chi connectivity index (χ2n) is 10.8. The standard InChI is InChI=1S/C38H34N4/c1-38(27-17-15-26(16-18-27)25-9-3-2-4-10-25,28-19-21-36(41)32(23-28)30-11-5-7-13-34(30)39)29-20-22-37(42)33(24-29)31-12-6-8-14-35(31)40/h2-24H,39-42H2,1H3. The maximum absolute atomic E-state index is 6.55. The number of hydrogen-bond acceptors (Lipinski definition) is 4. The van der Waals surface area contributed by atoms with Crippen LogP contribution in [0.15, 0.2) is 140 Å². The Morgan fingerprint density at radius 1 is 0.357 bits per heavy atom. The smallest absolute Gasteiger partial charge is 0.0423 e. The molecule has 0 unspecified atom stereocenters. The van der Waals surface area contributed by atoms with Crippen LogP contribution in [0, 0.1) is 0 Å². The Morgan fingerprint density at radius 2 is 0.738 bits per heavy atom. The van der Waals surface area contributed by atoms with Gasteiger partial charge in [-0.2, -0.15) is 0 Å². The second kappa shape index (κ2) is 10.8. The van der Waals surface area contributed by atoms with Crippen molar-refractivity contribution in [3.63, 3.8) is 0 Å². The van der Waals surface area contributed by atoms with Gasteiger partial charge in [0.2, 0.25) is 0 Å². The van der Waals surface area contributed by atoms with Crippen LogP contribution < -0.4 is 22.9 Å². The quantitative estimate of drug-likeness (QED) is 0.124. The fourth-order valence-electron chi connectivity index (χ4n) is 5.81. The maximum Gasteiger partial charge on any atom is 0.0423 e. The van der Waals surface area contributed by atoms with E-state index < -0.39 is 5.41 Å². The maximum atomic E-state index is 6.55. The number of nitrogens with two attached hydrogens (primary N) is 4. The van der Waals surface area contributed by atoms with Gasteiger partial charge in [0.15, 0.2) is 0 Å². The van der Waals surface area contributed by atoms with Gasteiger partial charge in [0.05, 0.1) is 0 Å². The van der Waals surface area contributed by atoms with E-state index in [-0.39, 0.29) is 0 Å². The van der Waals surface area contributed by atoms with Crippen molar-refractivity contribution in [2.75, 3.05) is 22.9 Å². The third-order valence-electron chi connectivity index (χ3n) is 8.33. The van der Waals surface area contributed by atoms with E-state index >= 15 is 0 Å². The summed E-state index contributed by atoms with van der Waals surface area (Å²) in [5.74, 6) is 0. The molecule has 0 saturated heterocycles. The topological polar surface area (TPSA) is 104 Å². The molecule has 0 saturated carbocycles. The van der Waals surface area contributed by atoms with E-state index in [4.69, 9.17) is 22.9 Å². The highest BCUT2D eigenvalue weighted by molar-refractivity contribution is 5.87. The van der Waals surface area contributed by atoms with Crippen molar-refractivity contribution in [3.05, 3.63) is 156 Å². The van der Waals surface area contributed by atoms with E-state index in [2.05, 4.69) is 79.7 Å². The molecule has 0 atom stereocenters. The van der Waals surface area contributed by atoms with Gasteiger partial charge < -0.3 is 22.9 Å². The van der Waals surface area contributed by atoms with Gasteiger partial charge in [0, 0.05) is 50.4 Å². The first-order valence-electron chi connectivity index (χ1n) is 14.0. The second-order valence-corrected chi connectivity index (χ2v) is 10.8. The zero-order valence-electron chi connectivity index (χ0n) is 23.6. The van der Waals surface area contributed by atoms with Crippen LogP contribution >= 0.6 is 0 Å². The Balaban J connectivity index is 1.58. The third-order valence-corrected chi connectivity index (χ3v) is 8.33. The molecular formula is C38H34N4. The summed E-state index contributed by atoms with van der Waals surface area (Å²) < 4.78 is 0. The van der Waals surface area contributed by atoms with Crippen LogP contribution in [0.2, 0.25) is 0 Å². The monoisotopic (exact) mass is 546 g/mol. The molecule has 0 bridgehead atoms. The minimum absolute atomic E-state index is 0.562. The van der Waals surface area contributed by atoms with Crippen LogP contribution in [0.4, 0.5) is 22.7 Å². The van der Waals surface area contributed by atoms with E-state index in [0.717, 1.165) is 44.5 Å². The van der Waals surface area contributed by atoms with Gasteiger partial charge in [-0.05, 0) is 71.1 Å². The Morgan fingerprint density at radius 3 is 1.21 bits per heavy atom. The van der Waals surface area contributed by atoms with Crippen LogP contribution in [0.25, 0.3) is 33.4 Å². The van der Waals surface area contributed by atoms with Crippen molar-refractivity contribution in [2.45, 2.75) is 12.3 Å². The van der Waals surface area contributed by atoms with Crippen molar-refractivity contribution in [3.8, 4) is 33.4 Å². The molecule has 206 valence electrons. The first-order valence-corrected chi connectivity index (χ1v) is 14.0. The molecule has 0 aliphatic carbocycles. The lowest BCUT2D eigenvalue weighted by atomic mass is 9.69. The Bertz CT molecular complexity index is 1780. The first kappa shape index (κ1) is 26.7. The highest BCUT2D eigenvalue weighted by atomic mass is 14.6. The number of benzene rings is 6. The Kier molecular flexibility index (Phi) is 6.89. The van der Waals surface area contributed by atoms with Crippen molar-refractivity contribution < 1.29 is 0 Å².